The van der Waals surface area contributed by atoms with Gasteiger partial charge in [-0.15, -0.1) is 0 Å². The summed E-state index contributed by atoms with van der Waals surface area (Å²) < 4.78 is 38.2. The van der Waals surface area contributed by atoms with Crippen LogP contribution in [0.5, 0.6) is 0 Å². The van der Waals surface area contributed by atoms with Gasteiger partial charge in [-0.1, -0.05) is 28.1 Å². The molecule has 0 fully saturated rings. The second-order valence-electron chi connectivity index (χ2n) is 4.81. The van der Waals surface area contributed by atoms with Gasteiger partial charge in [0.2, 0.25) is 0 Å². The SMILES string of the molecule is Cc1cc(Br)cc(C(=O)Cc2ccc(C(F)(F)F)cc2)c1. The van der Waals surface area contributed by atoms with Crippen molar-refractivity contribution in [2.75, 3.05) is 0 Å². The van der Waals surface area contributed by atoms with E-state index in [4.69, 9.17) is 0 Å². The van der Waals surface area contributed by atoms with Crippen LogP contribution in [0.2, 0.25) is 0 Å². The van der Waals surface area contributed by atoms with Gasteiger partial charge in [-0.2, -0.15) is 13.2 Å². The number of hydrogen-bond acceptors (Lipinski definition) is 1. The summed E-state index contributed by atoms with van der Waals surface area (Å²) in [5, 5.41) is 0. The van der Waals surface area contributed by atoms with Crippen LogP contribution in [0, 0.1) is 6.92 Å². The number of halogens is 4. The Bertz CT molecular complexity index is 640. The quantitative estimate of drug-likeness (QED) is 0.690. The largest absolute Gasteiger partial charge is 0.416 e. The average molecular weight is 357 g/mol. The molecule has 0 saturated heterocycles. The van der Waals surface area contributed by atoms with Gasteiger partial charge in [0.1, 0.15) is 0 Å². The number of rotatable bonds is 3. The van der Waals surface area contributed by atoms with Gasteiger partial charge in [0.15, 0.2) is 5.78 Å². The van der Waals surface area contributed by atoms with E-state index >= 15 is 0 Å². The highest BCUT2D eigenvalue weighted by Crippen LogP contribution is 2.29. The van der Waals surface area contributed by atoms with Crippen LogP contribution in [0.15, 0.2) is 46.9 Å². The van der Waals surface area contributed by atoms with Gasteiger partial charge in [0.25, 0.3) is 0 Å². The van der Waals surface area contributed by atoms with Gasteiger partial charge in [0, 0.05) is 16.5 Å². The van der Waals surface area contributed by atoms with Gasteiger partial charge < -0.3 is 0 Å². The molecule has 0 aliphatic heterocycles. The number of alkyl halides is 3. The van der Waals surface area contributed by atoms with Crippen molar-refractivity contribution in [1.29, 1.82) is 0 Å². The fourth-order valence-electron chi connectivity index (χ4n) is 2.00. The number of carbonyl (C=O) groups excluding carboxylic acids is 1. The average Bonchev–Trinajstić information content (AvgIpc) is 2.37. The smallest absolute Gasteiger partial charge is 0.294 e. The second kappa shape index (κ2) is 6.02. The van der Waals surface area contributed by atoms with Gasteiger partial charge in [-0.05, 0) is 48.4 Å². The Morgan fingerprint density at radius 1 is 1.10 bits per heavy atom. The predicted molar refractivity (Wildman–Crippen MR) is 78.4 cm³/mol. The molecular weight excluding hydrogens is 345 g/mol. The van der Waals surface area contributed by atoms with Crippen molar-refractivity contribution >= 4 is 21.7 Å². The van der Waals surface area contributed by atoms with Gasteiger partial charge in [-0.3, -0.25) is 4.79 Å². The summed E-state index contributed by atoms with van der Waals surface area (Å²) in [5.41, 5.74) is 1.34. The maximum Gasteiger partial charge on any atom is 0.416 e. The lowest BCUT2D eigenvalue weighted by molar-refractivity contribution is -0.137. The zero-order chi connectivity index (χ0) is 15.6. The van der Waals surface area contributed by atoms with Crippen molar-refractivity contribution < 1.29 is 18.0 Å². The van der Waals surface area contributed by atoms with Crippen molar-refractivity contribution in [1.82, 2.24) is 0 Å². The van der Waals surface area contributed by atoms with E-state index in [0.717, 1.165) is 22.2 Å². The minimum absolute atomic E-state index is 0.0774. The molecule has 0 aromatic heterocycles. The third kappa shape index (κ3) is 4.17. The Labute approximate surface area is 128 Å². The van der Waals surface area contributed by atoms with E-state index in [0.29, 0.717) is 11.1 Å². The molecule has 0 bridgehead atoms. The van der Waals surface area contributed by atoms with E-state index in [9.17, 15) is 18.0 Å². The maximum absolute atomic E-state index is 12.5. The summed E-state index contributed by atoms with van der Waals surface area (Å²) >= 11 is 3.32. The third-order valence-electron chi connectivity index (χ3n) is 3.01. The van der Waals surface area contributed by atoms with E-state index in [1.165, 1.54) is 12.1 Å². The molecule has 1 nitrogen and oxygen atoms in total. The topological polar surface area (TPSA) is 17.1 Å². The summed E-state index contributed by atoms with van der Waals surface area (Å²) in [6.45, 7) is 1.87. The van der Waals surface area contributed by atoms with Crippen LogP contribution in [0.3, 0.4) is 0 Å². The predicted octanol–water partition coefficient (Wildman–Crippen LogP) is 5.20. The third-order valence-corrected chi connectivity index (χ3v) is 3.47. The molecule has 0 heterocycles. The molecule has 2 aromatic carbocycles. The highest BCUT2D eigenvalue weighted by Gasteiger charge is 2.29. The Hall–Kier alpha value is -1.62. The number of carbonyl (C=O) groups is 1. The molecule has 0 spiro atoms. The van der Waals surface area contributed by atoms with Crippen molar-refractivity contribution in [3.63, 3.8) is 0 Å². The van der Waals surface area contributed by atoms with Crippen LogP contribution in [-0.2, 0) is 12.6 Å². The first-order valence-corrected chi connectivity index (χ1v) is 7.01. The Kier molecular flexibility index (Phi) is 4.52. The minimum atomic E-state index is -4.36. The highest BCUT2D eigenvalue weighted by molar-refractivity contribution is 9.10. The fraction of sp³-hybridized carbons (Fsp3) is 0.188. The molecule has 0 amide bonds. The second-order valence-corrected chi connectivity index (χ2v) is 5.73. The molecule has 0 atom stereocenters. The number of ketones is 1. The van der Waals surface area contributed by atoms with Crippen molar-refractivity contribution in [2.24, 2.45) is 0 Å². The van der Waals surface area contributed by atoms with Gasteiger partial charge in [0.05, 0.1) is 5.56 Å². The lowest BCUT2D eigenvalue weighted by Gasteiger charge is -2.08. The molecule has 0 aliphatic rings. The lowest BCUT2D eigenvalue weighted by atomic mass is 10.0. The summed E-state index contributed by atoms with van der Waals surface area (Å²) in [4.78, 5) is 12.2. The molecule has 2 rings (SSSR count). The normalized spacial score (nSPS) is 11.5. The zero-order valence-corrected chi connectivity index (χ0v) is 12.8. The Morgan fingerprint density at radius 2 is 1.71 bits per heavy atom. The number of benzene rings is 2. The fourth-order valence-corrected chi connectivity index (χ4v) is 2.60. The Morgan fingerprint density at radius 3 is 2.24 bits per heavy atom. The van der Waals surface area contributed by atoms with Crippen LogP contribution in [-0.4, -0.2) is 5.78 Å². The van der Waals surface area contributed by atoms with Crippen molar-refractivity contribution in [3.05, 3.63) is 69.2 Å². The van der Waals surface area contributed by atoms with Crippen molar-refractivity contribution in [3.8, 4) is 0 Å². The summed E-state index contributed by atoms with van der Waals surface area (Å²) in [5.74, 6) is -0.126. The first-order chi connectivity index (χ1) is 9.75. The first kappa shape index (κ1) is 15.8. The van der Waals surface area contributed by atoms with E-state index in [1.807, 2.05) is 13.0 Å². The van der Waals surface area contributed by atoms with E-state index < -0.39 is 11.7 Å². The number of aryl methyl sites for hydroxylation is 1. The molecule has 110 valence electrons. The first-order valence-electron chi connectivity index (χ1n) is 6.22. The van der Waals surface area contributed by atoms with E-state index in [1.54, 1.807) is 12.1 Å². The molecule has 0 saturated carbocycles. The zero-order valence-electron chi connectivity index (χ0n) is 11.2. The molecule has 5 heteroatoms. The van der Waals surface area contributed by atoms with E-state index in [2.05, 4.69) is 15.9 Å². The summed E-state index contributed by atoms with van der Waals surface area (Å²) in [7, 11) is 0. The summed E-state index contributed by atoms with van der Waals surface area (Å²) in [6.07, 6.45) is -4.28. The number of Topliss-reactive ketones (excluding diaryl/α,β-unsaturated/α-hetero) is 1. The van der Waals surface area contributed by atoms with Gasteiger partial charge >= 0.3 is 6.18 Å². The monoisotopic (exact) mass is 356 g/mol. The van der Waals surface area contributed by atoms with E-state index in [-0.39, 0.29) is 12.2 Å². The molecule has 21 heavy (non-hydrogen) atoms. The standard InChI is InChI=1S/C16H12BrF3O/c1-10-6-12(9-14(17)7-10)15(21)8-11-2-4-13(5-3-11)16(18,19)20/h2-7,9H,8H2,1H3. The van der Waals surface area contributed by atoms with Crippen molar-refractivity contribution in [2.45, 2.75) is 19.5 Å². The molecule has 0 N–H and O–H groups in total. The van der Waals surface area contributed by atoms with Crippen LogP contribution < -0.4 is 0 Å². The van der Waals surface area contributed by atoms with Gasteiger partial charge in [-0.25, -0.2) is 0 Å². The van der Waals surface area contributed by atoms with Crippen LogP contribution in [0.4, 0.5) is 13.2 Å². The van der Waals surface area contributed by atoms with Crippen LogP contribution >= 0.6 is 15.9 Å². The molecule has 0 unspecified atom stereocenters. The molecule has 2 aromatic rings. The molecule has 0 aliphatic carbocycles. The molecular formula is C16H12BrF3O. The number of hydrogen-bond donors (Lipinski definition) is 0. The Balaban J connectivity index is 2.16. The van der Waals surface area contributed by atoms with Crippen LogP contribution in [0.1, 0.15) is 27.0 Å². The maximum atomic E-state index is 12.5. The minimum Gasteiger partial charge on any atom is -0.294 e. The van der Waals surface area contributed by atoms with Crippen LogP contribution in [0.25, 0.3) is 0 Å². The molecule has 0 radical (unpaired) electrons. The summed E-state index contributed by atoms with van der Waals surface area (Å²) in [6, 6.07) is 10.0. The highest BCUT2D eigenvalue weighted by atomic mass is 79.9. The lowest BCUT2D eigenvalue weighted by Crippen LogP contribution is -2.07.